The molecule has 0 atom stereocenters. The molecule has 1 aliphatic rings. The number of carbonyl (C=O) groups is 1. The smallest absolute Gasteiger partial charge is 0.263 e. The van der Waals surface area contributed by atoms with E-state index in [-0.39, 0.29) is 12.5 Å². The van der Waals surface area contributed by atoms with Gasteiger partial charge in [-0.2, -0.15) is 0 Å². The highest BCUT2D eigenvalue weighted by Gasteiger charge is 2.23. The summed E-state index contributed by atoms with van der Waals surface area (Å²) >= 11 is 6.22. The molecule has 0 bridgehead atoms. The fourth-order valence-corrected chi connectivity index (χ4v) is 3.87. The van der Waals surface area contributed by atoms with Crippen LogP contribution in [0.2, 0.25) is 0 Å². The summed E-state index contributed by atoms with van der Waals surface area (Å²) in [6, 6.07) is 7.69. The molecule has 2 aromatic heterocycles. The van der Waals surface area contributed by atoms with Gasteiger partial charge in [-0.3, -0.25) is 9.78 Å². The van der Waals surface area contributed by atoms with Gasteiger partial charge in [0.05, 0.1) is 11.5 Å². The number of rotatable bonds is 3. The first-order valence-electron chi connectivity index (χ1n) is 7.88. The number of furan rings is 1. The molecule has 5 nitrogen and oxygen atoms in total. The van der Waals surface area contributed by atoms with E-state index in [4.69, 9.17) is 16.6 Å². The van der Waals surface area contributed by atoms with Gasteiger partial charge in [-0.15, -0.1) is 0 Å². The van der Waals surface area contributed by atoms with E-state index in [1.54, 1.807) is 18.5 Å². The number of nitrogens with zero attached hydrogens (tertiary/aromatic N) is 1. The molecule has 1 fully saturated rings. The summed E-state index contributed by atoms with van der Waals surface area (Å²) in [5.74, 6) is 0.356. The van der Waals surface area contributed by atoms with Crippen LogP contribution in [0.3, 0.4) is 0 Å². The van der Waals surface area contributed by atoms with E-state index in [1.807, 2.05) is 31.2 Å². The Morgan fingerprint density at radius 3 is 2.88 bits per heavy atom. The number of hydrogen-bond donors (Lipinski definition) is 2. The number of benzene rings is 1. The van der Waals surface area contributed by atoms with Crippen LogP contribution in [-0.2, 0) is 11.4 Å². The van der Waals surface area contributed by atoms with Crippen LogP contribution in [0.4, 0.5) is 0 Å². The van der Waals surface area contributed by atoms with Crippen LogP contribution in [0.5, 0.6) is 0 Å². The molecule has 1 saturated heterocycles. The van der Waals surface area contributed by atoms with E-state index in [2.05, 4.69) is 10.3 Å². The van der Waals surface area contributed by atoms with E-state index in [0.29, 0.717) is 20.6 Å². The lowest BCUT2D eigenvalue weighted by Gasteiger charge is -2.07. The number of aliphatic hydroxyl groups is 1. The molecule has 2 N–H and O–H groups in total. The molecule has 7 heteroatoms. The molecule has 0 radical (unpaired) electrons. The molecular weight excluding hydrogens is 368 g/mol. The second-order valence-corrected chi connectivity index (χ2v) is 7.62. The van der Waals surface area contributed by atoms with Crippen molar-refractivity contribution < 1.29 is 14.3 Å². The summed E-state index contributed by atoms with van der Waals surface area (Å²) in [6.45, 7) is 1.97. The number of amides is 1. The summed E-state index contributed by atoms with van der Waals surface area (Å²) in [7, 11) is 0. The maximum absolute atomic E-state index is 11.8. The fourth-order valence-electron chi connectivity index (χ4n) is 2.85. The molecule has 1 amide bonds. The van der Waals surface area contributed by atoms with Gasteiger partial charge in [0.2, 0.25) is 0 Å². The number of carbonyl (C=O) groups excluding carboxylic acids is 1. The van der Waals surface area contributed by atoms with Gasteiger partial charge < -0.3 is 14.8 Å². The van der Waals surface area contributed by atoms with Gasteiger partial charge >= 0.3 is 0 Å². The summed E-state index contributed by atoms with van der Waals surface area (Å²) in [4.78, 5) is 16.6. The largest absolute Gasteiger partial charge is 0.456 e. The average Bonchev–Trinajstić information content (AvgIpc) is 3.16. The Kier molecular flexibility index (Phi) is 4.36. The number of thioether (sulfide) groups is 1. The molecule has 3 aromatic rings. The van der Waals surface area contributed by atoms with Crippen molar-refractivity contribution in [1.82, 2.24) is 10.3 Å². The zero-order valence-corrected chi connectivity index (χ0v) is 15.4. The van der Waals surface area contributed by atoms with E-state index in [1.165, 1.54) is 11.8 Å². The Bertz CT molecular complexity index is 1090. The van der Waals surface area contributed by atoms with Crippen LogP contribution >= 0.6 is 24.0 Å². The van der Waals surface area contributed by atoms with Crippen molar-refractivity contribution in [3.8, 4) is 11.1 Å². The third-order valence-electron chi connectivity index (χ3n) is 4.18. The molecule has 3 heterocycles. The monoisotopic (exact) mass is 382 g/mol. The number of aromatic nitrogens is 1. The van der Waals surface area contributed by atoms with Crippen LogP contribution in [0.25, 0.3) is 28.2 Å². The van der Waals surface area contributed by atoms with Crippen LogP contribution < -0.4 is 5.32 Å². The van der Waals surface area contributed by atoms with Crippen LogP contribution in [0.15, 0.2) is 46.0 Å². The first kappa shape index (κ1) is 17.0. The molecule has 26 heavy (non-hydrogen) atoms. The summed E-state index contributed by atoms with van der Waals surface area (Å²) in [5, 5.41) is 12.8. The Morgan fingerprint density at radius 1 is 1.35 bits per heavy atom. The molecule has 1 aromatic carbocycles. The number of hydrogen-bond acceptors (Lipinski definition) is 6. The van der Waals surface area contributed by atoms with Crippen molar-refractivity contribution in [2.75, 3.05) is 0 Å². The van der Waals surface area contributed by atoms with E-state index >= 15 is 0 Å². The summed E-state index contributed by atoms with van der Waals surface area (Å²) < 4.78 is 6.44. The second kappa shape index (κ2) is 6.68. The minimum absolute atomic E-state index is 0.00856. The van der Waals surface area contributed by atoms with E-state index < -0.39 is 0 Å². The predicted octanol–water partition coefficient (Wildman–Crippen LogP) is 3.78. The van der Waals surface area contributed by atoms with Crippen LogP contribution in [-0.4, -0.2) is 20.3 Å². The Balaban J connectivity index is 1.79. The van der Waals surface area contributed by atoms with Gasteiger partial charge in [-0.05, 0) is 29.7 Å². The first-order valence-corrected chi connectivity index (χ1v) is 9.11. The number of nitrogens with one attached hydrogen (secondary N) is 1. The van der Waals surface area contributed by atoms with Crippen molar-refractivity contribution in [2.45, 2.75) is 13.5 Å². The van der Waals surface area contributed by atoms with Gasteiger partial charge in [0.1, 0.15) is 15.7 Å². The van der Waals surface area contributed by atoms with Gasteiger partial charge in [-0.1, -0.05) is 42.2 Å². The summed E-state index contributed by atoms with van der Waals surface area (Å²) in [5.41, 5.74) is 4.41. The molecule has 0 saturated carbocycles. The highest BCUT2D eigenvalue weighted by atomic mass is 32.2. The highest BCUT2D eigenvalue weighted by Crippen LogP contribution is 2.33. The van der Waals surface area contributed by atoms with Crippen molar-refractivity contribution in [1.29, 1.82) is 0 Å². The molecule has 1 aliphatic heterocycles. The Labute approximate surface area is 159 Å². The number of fused-ring (bicyclic) bond motifs is 1. The van der Waals surface area contributed by atoms with Crippen molar-refractivity contribution >= 4 is 51.3 Å². The highest BCUT2D eigenvalue weighted by molar-refractivity contribution is 8.26. The molecule has 0 unspecified atom stereocenters. The third-order valence-corrected chi connectivity index (χ3v) is 5.34. The van der Waals surface area contributed by atoms with Gasteiger partial charge in [-0.25, -0.2) is 0 Å². The van der Waals surface area contributed by atoms with Crippen molar-refractivity contribution in [3.05, 3.63) is 58.5 Å². The maximum Gasteiger partial charge on any atom is 0.263 e. The fraction of sp³-hybridized carbons (Fsp3) is 0.105. The van der Waals surface area contributed by atoms with Gasteiger partial charge in [0.15, 0.2) is 0 Å². The Morgan fingerprint density at radius 2 is 2.19 bits per heavy atom. The number of aliphatic hydroxyl groups excluding tert-OH is 1. The molecular formula is C19H14N2O3S2. The zero-order valence-electron chi connectivity index (χ0n) is 13.8. The second-order valence-electron chi connectivity index (χ2n) is 5.91. The van der Waals surface area contributed by atoms with Gasteiger partial charge in [0.25, 0.3) is 5.91 Å². The minimum atomic E-state index is -0.214. The number of thiocarbonyl (C=S) groups is 1. The third kappa shape index (κ3) is 3.05. The molecule has 4 rings (SSSR count). The first-order chi connectivity index (χ1) is 12.5. The minimum Gasteiger partial charge on any atom is -0.456 e. The van der Waals surface area contributed by atoms with Crippen molar-refractivity contribution in [3.63, 3.8) is 0 Å². The lowest BCUT2D eigenvalue weighted by atomic mass is 10.0. The lowest BCUT2D eigenvalue weighted by Crippen LogP contribution is -2.17. The predicted molar refractivity (Wildman–Crippen MR) is 106 cm³/mol. The standard InChI is InChI=1S/C19H14N2O3S2/c1-10-4-11(2-3-12(10)9-22)15-8-20-7-13-5-14(24-17(13)15)6-16-18(23)21-19(25)26-16/h2-8,22H,9H2,1H3,(H,21,23,25)/b16-6+. The zero-order chi connectivity index (χ0) is 18.3. The van der Waals surface area contributed by atoms with Gasteiger partial charge in [0, 0.05) is 29.4 Å². The topological polar surface area (TPSA) is 75.4 Å². The normalized spacial score (nSPS) is 15.8. The lowest BCUT2D eigenvalue weighted by molar-refractivity contribution is -0.115. The van der Waals surface area contributed by atoms with Crippen LogP contribution in [0.1, 0.15) is 16.9 Å². The maximum atomic E-state index is 11.8. The van der Waals surface area contributed by atoms with E-state index in [0.717, 1.165) is 27.6 Å². The molecule has 0 aliphatic carbocycles. The average molecular weight is 382 g/mol. The number of aryl methyl sites for hydroxylation is 1. The summed E-state index contributed by atoms with van der Waals surface area (Å²) in [6.07, 6.45) is 5.16. The number of pyridine rings is 1. The van der Waals surface area contributed by atoms with Crippen molar-refractivity contribution in [2.24, 2.45) is 0 Å². The van der Waals surface area contributed by atoms with Crippen LogP contribution in [0, 0.1) is 6.92 Å². The SMILES string of the molecule is Cc1cc(-c2cncc3cc(/C=C4/SC(=S)NC4=O)oc23)ccc1CO. The molecule has 0 spiro atoms. The Hall–Kier alpha value is -2.48. The quantitative estimate of drug-likeness (QED) is 0.530. The van der Waals surface area contributed by atoms with E-state index in [9.17, 15) is 9.90 Å². The molecule has 130 valence electrons.